The molecule has 1 rings (SSSR count). The van der Waals surface area contributed by atoms with Gasteiger partial charge in [0.15, 0.2) is 0 Å². The summed E-state index contributed by atoms with van der Waals surface area (Å²) in [5.41, 5.74) is -0.783. The number of carbonyl (C=O) groups is 2. The van der Waals surface area contributed by atoms with Gasteiger partial charge in [-0.3, -0.25) is 19.7 Å². The second kappa shape index (κ2) is 8.04. The number of esters is 2. The van der Waals surface area contributed by atoms with Crippen molar-refractivity contribution >= 4 is 17.6 Å². The van der Waals surface area contributed by atoms with Gasteiger partial charge in [-0.1, -0.05) is 0 Å². The lowest BCUT2D eigenvalue weighted by molar-refractivity contribution is -0.385. The Labute approximate surface area is 145 Å². The molecule has 7 nitrogen and oxygen atoms in total. The van der Waals surface area contributed by atoms with E-state index in [1.165, 1.54) is 13.8 Å². The van der Waals surface area contributed by atoms with Gasteiger partial charge in [0.05, 0.1) is 10.3 Å². The summed E-state index contributed by atoms with van der Waals surface area (Å²) in [4.78, 5) is 33.5. The number of hydrogen-bond acceptors (Lipinski definition) is 6. The molecule has 0 radical (unpaired) electrons. The van der Waals surface area contributed by atoms with Gasteiger partial charge >= 0.3 is 11.9 Å². The molecule has 138 valence electrons. The molecule has 8 heteroatoms. The van der Waals surface area contributed by atoms with Crippen molar-refractivity contribution in [1.82, 2.24) is 0 Å². The van der Waals surface area contributed by atoms with Crippen molar-refractivity contribution in [2.45, 2.75) is 47.1 Å². The van der Waals surface area contributed by atoms with Crippen LogP contribution >= 0.6 is 0 Å². The molecule has 0 saturated heterocycles. The maximum absolute atomic E-state index is 14.1. The molecule has 0 aliphatic carbocycles. The van der Waals surface area contributed by atoms with Gasteiger partial charge in [-0.15, -0.1) is 0 Å². The van der Waals surface area contributed by atoms with Crippen molar-refractivity contribution in [3.8, 4) is 0 Å². The van der Waals surface area contributed by atoms with Gasteiger partial charge in [-0.25, -0.2) is 4.39 Å². The minimum Gasteiger partial charge on any atom is -0.461 e. The van der Waals surface area contributed by atoms with E-state index in [1.54, 1.807) is 20.8 Å². The van der Waals surface area contributed by atoms with Gasteiger partial charge < -0.3 is 9.47 Å². The summed E-state index contributed by atoms with van der Waals surface area (Å²) < 4.78 is 24.3. The van der Waals surface area contributed by atoms with Crippen molar-refractivity contribution in [1.29, 1.82) is 0 Å². The zero-order chi connectivity index (χ0) is 19.4. The molecule has 0 saturated carbocycles. The van der Waals surface area contributed by atoms with Gasteiger partial charge in [0.1, 0.15) is 18.5 Å². The highest BCUT2D eigenvalue weighted by molar-refractivity contribution is 5.75. The first-order chi connectivity index (χ1) is 11.4. The molecule has 0 aliphatic heterocycles. The van der Waals surface area contributed by atoms with Crippen LogP contribution in [0.4, 0.5) is 10.1 Å². The van der Waals surface area contributed by atoms with E-state index in [4.69, 9.17) is 9.47 Å². The summed E-state index contributed by atoms with van der Waals surface area (Å²) in [6.07, 6.45) is -1.09. The number of nitro benzene ring substituents is 1. The molecule has 0 fully saturated rings. The lowest BCUT2D eigenvalue weighted by atomic mass is 9.97. The number of halogens is 1. The summed E-state index contributed by atoms with van der Waals surface area (Å²) in [5, 5.41) is 11.0. The third kappa shape index (κ3) is 5.81. The molecular formula is C17H22FNO6. The molecule has 0 amide bonds. The molecule has 1 atom stereocenters. The SMILES string of the molecule is CC(=O)OC(COC(=O)C(C)(C)C)Cc1c(F)ccc([N+](=O)[O-])c1C. The molecule has 25 heavy (non-hydrogen) atoms. The lowest BCUT2D eigenvalue weighted by Crippen LogP contribution is -2.31. The number of rotatable bonds is 6. The second-order valence-corrected chi connectivity index (χ2v) is 6.71. The van der Waals surface area contributed by atoms with E-state index in [2.05, 4.69) is 0 Å². The Bertz CT molecular complexity index is 680. The predicted octanol–water partition coefficient (Wildman–Crippen LogP) is 3.11. The molecule has 0 aromatic heterocycles. The van der Waals surface area contributed by atoms with E-state index >= 15 is 0 Å². The Hall–Kier alpha value is -2.51. The smallest absolute Gasteiger partial charge is 0.311 e. The van der Waals surface area contributed by atoms with Crippen LogP contribution < -0.4 is 0 Å². The van der Waals surface area contributed by atoms with Gasteiger partial charge in [0.25, 0.3) is 5.69 Å². The first kappa shape index (κ1) is 20.5. The van der Waals surface area contributed by atoms with Crippen LogP contribution in [-0.2, 0) is 25.5 Å². The quantitative estimate of drug-likeness (QED) is 0.442. The Morgan fingerprint density at radius 1 is 1.32 bits per heavy atom. The van der Waals surface area contributed by atoms with E-state index in [9.17, 15) is 24.1 Å². The number of benzene rings is 1. The standard InChI is InChI=1S/C17H22FNO6/c1-10-13(14(18)6-7-15(10)19(22)23)8-12(25-11(2)20)9-24-16(21)17(3,4)5/h6-7,12H,8-9H2,1-5H3. The maximum Gasteiger partial charge on any atom is 0.311 e. The van der Waals surface area contributed by atoms with Crippen LogP contribution in [0.25, 0.3) is 0 Å². The van der Waals surface area contributed by atoms with Crippen molar-refractivity contribution in [3.63, 3.8) is 0 Å². The zero-order valence-corrected chi connectivity index (χ0v) is 14.9. The van der Waals surface area contributed by atoms with Crippen LogP contribution in [-0.4, -0.2) is 29.6 Å². The predicted molar refractivity (Wildman–Crippen MR) is 87.5 cm³/mol. The Morgan fingerprint density at radius 2 is 1.92 bits per heavy atom. The number of ether oxygens (including phenoxy) is 2. The van der Waals surface area contributed by atoms with Gasteiger partial charge in [-0.2, -0.15) is 0 Å². The highest BCUT2D eigenvalue weighted by Gasteiger charge is 2.27. The average Bonchev–Trinajstić information content (AvgIpc) is 2.46. The van der Waals surface area contributed by atoms with Crippen LogP contribution in [0.15, 0.2) is 12.1 Å². The van der Waals surface area contributed by atoms with Crippen LogP contribution in [0, 0.1) is 28.3 Å². The third-order valence-corrected chi connectivity index (χ3v) is 3.49. The monoisotopic (exact) mass is 355 g/mol. The molecule has 1 aromatic carbocycles. The highest BCUT2D eigenvalue weighted by Crippen LogP contribution is 2.26. The van der Waals surface area contributed by atoms with E-state index in [1.807, 2.05) is 0 Å². The molecule has 1 aromatic rings. The fourth-order valence-electron chi connectivity index (χ4n) is 2.14. The van der Waals surface area contributed by atoms with E-state index < -0.39 is 34.2 Å². The Balaban J connectivity index is 3.03. The fraction of sp³-hybridized carbons (Fsp3) is 0.529. The lowest BCUT2D eigenvalue weighted by Gasteiger charge is -2.22. The normalized spacial score (nSPS) is 12.4. The van der Waals surface area contributed by atoms with Crippen molar-refractivity contribution in [2.24, 2.45) is 5.41 Å². The zero-order valence-electron chi connectivity index (χ0n) is 14.9. The average molecular weight is 355 g/mol. The molecule has 0 aliphatic rings. The van der Waals surface area contributed by atoms with Gasteiger partial charge in [-0.05, 0) is 33.8 Å². The molecule has 0 N–H and O–H groups in total. The van der Waals surface area contributed by atoms with Gasteiger partial charge in [0.2, 0.25) is 0 Å². The summed E-state index contributed by atoms with van der Waals surface area (Å²) in [7, 11) is 0. The summed E-state index contributed by atoms with van der Waals surface area (Å²) in [6.45, 7) is 7.33. The first-order valence-corrected chi connectivity index (χ1v) is 7.70. The van der Waals surface area contributed by atoms with Crippen LogP contribution in [0.3, 0.4) is 0 Å². The van der Waals surface area contributed by atoms with Crippen molar-refractivity contribution in [2.75, 3.05) is 6.61 Å². The number of hydrogen-bond donors (Lipinski definition) is 0. The Morgan fingerprint density at radius 3 is 2.40 bits per heavy atom. The topological polar surface area (TPSA) is 95.7 Å². The van der Waals surface area contributed by atoms with Crippen LogP contribution in [0.5, 0.6) is 0 Å². The van der Waals surface area contributed by atoms with Crippen LogP contribution in [0.1, 0.15) is 38.8 Å². The van der Waals surface area contributed by atoms with E-state index in [0.29, 0.717) is 0 Å². The summed E-state index contributed by atoms with van der Waals surface area (Å²) in [6, 6.07) is 2.07. The van der Waals surface area contributed by atoms with E-state index in [-0.39, 0.29) is 29.8 Å². The van der Waals surface area contributed by atoms with E-state index in [0.717, 1.165) is 12.1 Å². The fourth-order valence-corrected chi connectivity index (χ4v) is 2.14. The summed E-state index contributed by atoms with van der Waals surface area (Å²) >= 11 is 0. The summed E-state index contributed by atoms with van der Waals surface area (Å²) in [5.74, 6) is -1.77. The first-order valence-electron chi connectivity index (χ1n) is 7.70. The van der Waals surface area contributed by atoms with Crippen LogP contribution in [0.2, 0.25) is 0 Å². The highest BCUT2D eigenvalue weighted by atomic mass is 19.1. The third-order valence-electron chi connectivity index (χ3n) is 3.49. The largest absolute Gasteiger partial charge is 0.461 e. The number of nitro groups is 1. The molecule has 0 heterocycles. The van der Waals surface area contributed by atoms with Crippen molar-refractivity contribution in [3.05, 3.63) is 39.2 Å². The Kier molecular flexibility index (Phi) is 6.61. The molecule has 1 unspecified atom stereocenters. The second-order valence-electron chi connectivity index (χ2n) is 6.71. The number of nitrogens with zero attached hydrogens (tertiary/aromatic N) is 1. The molecular weight excluding hydrogens is 333 g/mol. The maximum atomic E-state index is 14.1. The number of carbonyl (C=O) groups excluding carboxylic acids is 2. The van der Waals surface area contributed by atoms with Crippen molar-refractivity contribution < 1.29 is 28.4 Å². The minimum absolute atomic E-state index is 0.0484. The molecule has 0 bridgehead atoms. The van der Waals surface area contributed by atoms with Gasteiger partial charge in [0, 0.05) is 30.5 Å². The molecule has 0 spiro atoms. The minimum atomic E-state index is -0.945.